The first-order chi connectivity index (χ1) is 10.4. The van der Waals surface area contributed by atoms with E-state index in [1.807, 2.05) is 0 Å². The number of amides is 1. The fourth-order valence-corrected chi connectivity index (χ4v) is 4.66. The lowest BCUT2D eigenvalue weighted by molar-refractivity contribution is -0.141. The topological polar surface area (TPSA) is 55.4 Å². The maximum Gasteiger partial charge on any atom is 0.328 e. The molecular formula is C17H33NO3S. The summed E-state index contributed by atoms with van der Waals surface area (Å²) in [6.45, 7) is 2.67. The van der Waals surface area contributed by atoms with Crippen molar-refractivity contribution in [2.45, 2.75) is 64.3 Å². The fourth-order valence-electron chi connectivity index (χ4n) is 2.74. The molecule has 1 aliphatic heterocycles. The molecule has 0 radical (unpaired) electrons. The van der Waals surface area contributed by atoms with Crippen LogP contribution in [-0.2, 0) is 14.3 Å². The molecule has 1 saturated heterocycles. The van der Waals surface area contributed by atoms with Gasteiger partial charge in [-0.3, -0.25) is 4.79 Å². The average Bonchev–Trinajstić information content (AvgIpc) is 2.82. The molecule has 0 aromatic carbocycles. The zero-order chi connectivity index (χ0) is 16.4. The molecule has 1 heterocycles. The van der Waals surface area contributed by atoms with Crippen LogP contribution in [0.5, 0.6) is 0 Å². The number of carbonyl (C=O) groups excluding carboxylic acids is 2. The van der Waals surface area contributed by atoms with Crippen LogP contribution in [0.1, 0.15) is 58.3 Å². The van der Waals surface area contributed by atoms with Crippen molar-refractivity contribution in [1.29, 1.82) is 0 Å². The second kappa shape index (κ2) is 10.1. The lowest BCUT2D eigenvalue weighted by Crippen LogP contribution is -2.40. The summed E-state index contributed by atoms with van der Waals surface area (Å²) in [5.74, 6) is 1.43. The number of carbonyl (C=O) groups is 2. The van der Waals surface area contributed by atoms with E-state index in [2.05, 4.69) is 24.8 Å². The standard InChI is InChI=1S/C17H33NO3S/c1-4-5-6-7-8-9-10-13-22(2,3)14-16(19)18-15-11-12-21-17(15)20/h15H,4-14H2,1-3H3,(H,18,19)/t15-/m0/s1. The molecule has 4 nitrogen and oxygen atoms in total. The van der Waals surface area contributed by atoms with Crippen LogP contribution in [0.25, 0.3) is 0 Å². The van der Waals surface area contributed by atoms with Crippen LogP contribution in [-0.4, -0.2) is 48.5 Å². The Morgan fingerprint density at radius 2 is 1.82 bits per heavy atom. The van der Waals surface area contributed by atoms with Gasteiger partial charge >= 0.3 is 5.97 Å². The van der Waals surface area contributed by atoms with Crippen LogP contribution in [0.15, 0.2) is 0 Å². The second-order valence-electron chi connectivity index (χ2n) is 6.81. The molecule has 0 unspecified atom stereocenters. The van der Waals surface area contributed by atoms with Gasteiger partial charge in [-0.15, -0.1) is 0 Å². The van der Waals surface area contributed by atoms with Crippen LogP contribution in [0.3, 0.4) is 0 Å². The summed E-state index contributed by atoms with van der Waals surface area (Å²) < 4.78 is 4.87. The van der Waals surface area contributed by atoms with Gasteiger partial charge in [0.05, 0.1) is 12.4 Å². The van der Waals surface area contributed by atoms with Crippen molar-refractivity contribution in [3.8, 4) is 0 Å². The molecule has 1 N–H and O–H groups in total. The Morgan fingerprint density at radius 1 is 1.18 bits per heavy atom. The van der Waals surface area contributed by atoms with Crippen LogP contribution >= 0.6 is 10.0 Å². The predicted molar refractivity (Wildman–Crippen MR) is 94.7 cm³/mol. The van der Waals surface area contributed by atoms with Crippen LogP contribution in [0.4, 0.5) is 0 Å². The summed E-state index contributed by atoms with van der Waals surface area (Å²) in [5.41, 5.74) is 0. The summed E-state index contributed by atoms with van der Waals surface area (Å²) in [4.78, 5) is 23.4. The molecule has 130 valence electrons. The number of unbranched alkanes of at least 4 members (excludes halogenated alkanes) is 6. The Bertz CT molecular complexity index is 358. The van der Waals surface area contributed by atoms with Gasteiger partial charge in [0.1, 0.15) is 6.04 Å². The number of nitrogens with one attached hydrogen (secondary N) is 1. The van der Waals surface area contributed by atoms with Crippen molar-refractivity contribution in [1.82, 2.24) is 5.32 Å². The van der Waals surface area contributed by atoms with Gasteiger partial charge in [0.25, 0.3) is 0 Å². The molecule has 22 heavy (non-hydrogen) atoms. The minimum atomic E-state index is -0.902. The Hall–Kier alpha value is -0.710. The Labute approximate surface area is 137 Å². The molecule has 0 aromatic rings. The minimum absolute atomic E-state index is 0.00629. The van der Waals surface area contributed by atoms with E-state index < -0.39 is 16.1 Å². The highest BCUT2D eigenvalue weighted by Crippen LogP contribution is 2.40. The van der Waals surface area contributed by atoms with Crippen LogP contribution in [0.2, 0.25) is 0 Å². The Balaban J connectivity index is 2.14. The van der Waals surface area contributed by atoms with Crippen molar-refractivity contribution in [3.05, 3.63) is 0 Å². The maximum atomic E-state index is 12.1. The normalized spacial score (nSPS) is 19.0. The smallest absolute Gasteiger partial charge is 0.328 e. The van der Waals surface area contributed by atoms with Gasteiger partial charge in [-0.2, -0.15) is 0 Å². The second-order valence-corrected chi connectivity index (χ2v) is 11.0. The van der Waals surface area contributed by atoms with Gasteiger partial charge in [0, 0.05) is 6.42 Å². The third-order valence-electron chi connectivity index (χ3n) is 4.09. The summed E-state index contributed by atoms with van der Waals surface area (Å²) >= 11 is 0. The SMILES string of the molecule is CCCCCCCCCS(C)(C)CC(=O)N[C@H]1CCOC1=O. The summed E-state index contributed by atoms with van der Waals surface area (Å²) in [6, 6.07) is -0.415. The Morgan fingerprint density at radius 3 is 2.41 bits per heavy atom. The third-order valence-corrected chi connectivity index (χ3v) is 6.53. The molecule has 0 bridgehead atoms. The quantitative estimate of drug-likeness (QED) is 0.467. The largest absolute Gasteiger partial charge is 0.464 e. The molecule has 0 aromatic heterocycles. The van der Waals surface area contributed by atoms with Gasteiger partial charge < -0.3 is 10.1 Å². The number of hydrogen-bond acceptors (Lipinski definition) is 3. The third kappa shape index (κ3) is 8.06. The number of esters is 1. The van der Waals surface area contributed by atoms with Gasteiger partial charge in [-0.05, 0) is 24.7 Å². The molecule has 0 spiro atoms. The monoisotopic (exact) mass is 331 g/mol. The molecular weight excluding hydrogens is 298 g/mol. The molecule has 5 heteroatoms. The predicted octanol–water partition coefficient (Wildman–Crippen LogP) is 3.23. The number of cyclic esters (lactones) is 1. The first kappa shape index (κ1) is 19.3. The van der Waals surface area contributed by atoms with E-state index in [4.69, 9.17) is 4.74 Å². The van der Waals surface area contributed by atoms with E-state index in [1.54, 1.807) is 0 Å². The van der Waals surface area contributed by atoms with E-state index in [9.17, 15) is 9.59 Å². The van der Waals surface area contributed by atoms with Crippen molar-refractivity contribution >= 4 is 21.9 Å². The summed E-state index contributed by atoms with van der Waals surface area (Å²) in [6.07, 6.45) is 14.2. The summed E-state index contributed by atoms with van der Waals surface area (Å²) in [7, 11) is -0.902. The van der Waals surface area contributed by atoms with Crippen LogP contribution in [0, 0.1) is 0 Å². The van der Waals surface area contributed by atoms with E-state index in [-0.39, 0.29) is 11.9 Å². The minimum Gasteiger partial charge on any atom is -0.464 e. The van der Waals surface area contributed by atoms with Gasteiger partial charge in [-0.1, -0.05) is 45.4 Å². The van der Waals surface area contributed by atoms with Crippen LogP contribution < -0.4 is 5.32 Å². The van der Waals surface area contributed by atoms with E-state index in [0.717, 1.165) is 5.75 Å². The van der Waals surface area contributed by atoms with Gasteiger partial charge in [-0.25, -0.2) is 14.8 Å². The molecule has 1 rings (SSSR count). The van der Waals surface area contributed by atoms with Gasteiger partial charge in [0.15, 0.2) is 0 Å². The molecule has 1 amide bonds. The number of hydrogen-bond donors (Lipinski definition) is 1. The average molecular weight is 332 g/mol. The first-order valence-corrected chi connectivity index (χ1v) is 11.4. The van der Waals surface area contributed by atoms with Gasteiger partial charge in [0.2, 0.25) is 5.91 Å². The van der Waals surface area contributed by atoms with Crippen molar-refractivity contribution in [2.75, 3.05) is 30.6 Å². The molecule has 1 atom stereocenters. The Kier molecular flexibility index (Phi) is 8.91. The highest BCUT2D eigenvalue weighted by Gasteiger charge is 2.28. The number of ether oxygens (including phenoxy) is 1. The molecule has 0 saturated carbocycles. The highest BCUT2D eigenvalue weighted by molar-refractivity contribution is 8.33. The lowest BCUT2D eigenvalue weighted by Gasteiger charge is -2.30. The first-order valence-electron chi connectivity index (χ1n) is 8.59. The maximum absolute atomic E-state index is 12.1. The van der Waals surface area contributed by atoms with E-state index in [0.29, 0.717) is 18.8 Å². The van der Waals surface area contributed by atoms with E-state index >= 15 is 0 Å². The summed E-state index contributed by atoms with van der Waals surface area (Å²) in [5, 5.41) is 2.82. The number of rotatable bonds is 11. The van der Waals surface area contributed by atoms with Crippen molar-refractivity contribution in [3.63, 3.8) is 0 Å². The molecule has 1 aliphatic rings. The zero-order valence-electron chi connectivity index (χ0n) is 14.5. The highest BCUT2D eigenvalue weighted by atomic mass is 32.3. The van der Waals surface area contributed by atoms with E-state index in [1.165, 1.54) is 44.9 Å². The van der Waals surface area contributed by atoms with Crippen molar-refractivity contribution in [2.24, 2.45) is 0 Å². The molecule has 1 fully saturated rings. The lowest BCUT2D eigenvalue weighted by atomic mass is 10.1. The van der Waals surface area contributed by atoms with Crippen molar-refractivity contribution < 1.29 is 14.3 Å². The zero-order valence-corrected chi connectivity index (χ0v) is 15.3. The molecule has 0 aliphatic carbocycles. The fraction of sp³-hybridized carbons (Fsp3) is 0.882.